The van der Waals surface area contributed by atoms with Crippen LogP contribution < -0.4 is 5.73 Å². The van der Waals surface area contributed by atoms with E-state index in [1.807, 2.05) is 31.2 Å². The minimum absolute atomic E-state index is 0.0868. The molecule has 3 aromatic rings. The highest BCUT2D eigenvalue weighted by atomic mass is 16.5. The molecule has 0 aliphatic carbocycles. The third-order valence-corrected chi connectivity index (χ3v) is 3.40. The molecule has 0 fully saturated rings. The zero-order valence-electron chi connectivity index (χ0n) is 10.8. The van der Waals surface area contributed by atoms with Crippen molar-refractivity contribution >= 4 is 10.8 Å². The normalized spacial score (nSPS) is 12.7. The Morgan fingerprint density at radius 3 is 2.79 bits per heavy atom. The Balaban J connectivity index is 2.12. The lowest BCUT2D eigenvalue weighted by molar-refractivity contribution is 0.360. The van der Waals surface area contributed by atoms with Gasteiger partial charge in [-0.1, -0.05) is 54.5 Å². The van der Waals surface area contributed by atoms with Gasteiger partial charge in [-0.2, -0.15) is 0 Å². The number of hydrogen-bond acceptors (Lipinski definition) is 3. The molecule has 96 valence electrons. The van der Waals surface area contributed by atoms with Crippen LogP contribution in [0.2, 0.25) is 0 Å². The Bertz CT molecular complexity index is 697. The van der Waals surface area contributed by atoms with Gasteiger partial charge in [0.15, 0.2) is 5.76 Å². The number of hydrogen-bond donors (Lipinski definition) is 1. The maximum atomic E-state index is 5.96. The Hall–Kier alpha value is -2.13. The summed E-state index contributed by atoms with van der Waals surface area (Å²) in [6, 6.07) is 16.3. The summed E-state index contributed by atoms with van der Waals surface area (Å²) >= 11 is 0. The molecule has 1 unspecified atom stereocenters. The number of rotatable bonds is 3. The molecule has 0 saturated carbocycles. The molecule has 0 aliphatic rings. The first-order valence-corrected chi connectivity index (χ1v) is 6.50. The lowest BCUT2D eigenvalue weighted by atomic mass is 10.0. The zero-order chi connectivity index (χ0) is 13.2. The topological polar surface area (TPSA) is 52.0 Å². The maximum absolute atomic E-state index is 5.96. The SMILES string of the molecule is CCC(N)c1cc(-c2cccc3ccccc23)no1. The fourth-order valence-corrected chi connectivity index (χ4v) is 2.24. The smallest absolute Gasteiger partial charge is 0.154 e. The lowest BCUT2D eigenvalue weighted by Gasteiger charge is -2.03. The predicted molar refractivity (Wildman–Crippen MR) is 76.7 cm³/mol. The highest BCUT2D eigenvalue weighted by molar-refractivity contribution is 5.95. The van der Waals surface area contributed by atoms with Gasteiger partial charge in [-0.05, 0) is 17.2 Å². The van der Waals surface area contributed by atoms with Crippen LogP contribution in [0.5, 0.6) is 0 Å². The fraction of sp³-hybridized carbons (Fsp3) is 0.188. The van der Waals surface area contributed by atoms with Crippen molar-refractivity contribution < 1.29 is 4.52 Å². The maximum Gasteiger partial charge on any atom is 0.154 e. The van der Waals surface area contributed by atoms with Gasteiger partial charge in [-0.15, -0.1) is 0 Å². The van der Waals surface area contributed by atoms with Crippen LogP contribution in [-0.4, -0.2) is 5.16 Å². The van der Waals surface area contributed by atoms with Crippen LogP contribution in [0.25, 0.3) is 22.0 Å². The monoisotopic (exact) mass is 252 g/mol. The van der Waals surface area contributed by atoms with Crippen molar-refractivity contribution in [3.8, 4) is 11.3 Å². The van der Waals surface area contributed by atoms with Gasteiger partial charge < -0.3 is 10.3 Å². The molecule has 0 bridgehead atoms. The summed E-state index contributed by atoms with van der Waals surface area (Å²) in [6.45, 7) is 2.03. The van der Waals surface area contributed by atoms with Crippen LogP contribution in [0, 0.1) is 0 Å². The highest BCUT2D eigenvalue weighted by Crippen LogP contribution is 2.29. The first kappa shape index (κ1) is 11.9. The van der Waals surface area contributed by atoms with Gasteiger partial charge in [0, 0.05) is 11.6 Å². The van der Waals surface area contributed by atoms with Crippen LogP contribution in [0.1, 0.15) is 25.1 Å². The summed E-state index contributed by atoms with van der Waals surface area (Å²) in [4.78, 5) is 0. The van der Waals surface area contributed by atoms with E-state index >= 15 is 0 Å². The Morgan fingerprint density at radius 2 is 1.95 bits per heavy atom. The summed E-state index contributed by atoms with van der Waals surface area (Å²) in [5.74, 6) is 0.741. The summed E-state index contributed by atoms with van der Waals surface area (Å²) < 4.78 is 5.35. The number of fused-ring (bicyclic) bond motifs is 1. The van der Waals surface area contributed by atoms with E-state index in [2.05, 4.69) is 29.4 Å². The second-order valence-corrected chi connectivity index (χ2v) is 4.66. The third kappa shape index (κ3) is 2.13. The molecule has 1 heterocycles. The molecular weight excluding hydrogens is 236 g/mol. The number of nitrogens with zero attached hydrogens (tertiary/aromatic N) is 1. The molecule has 1 atom stereocenters. The number of nitrogens with two attached hydrogens (primary N) is 1. The van der Waals surface area contributed by atoms with Gasteiger partial charge in [0.05, 0.1) is 6.04 Å². The van der Waals surface area contributed by atoms with E-state index in [0.29, 0.717) is 0 Å². The van der Waals surface area contributed by atoms with Gasteiger partial charge in [0.25, 0.3) is 0 Å². The predicted octanol–water partition coefficient (Wildman–Crippen LogP) is 3.90. The quantitative estimate of drug-likeness (QED) is 0.769. The van der Waals surface area contributed by atoms with Crippen LogP contribution in [-0.2, 0) is 0 Å². The number of aromatic nitrogens is 1. The van der Waals surface area contributed by atoms with Crippen molar-refractivity contribution in [2.75, 3.05) is 0 Å². The molecule has 0 saturated heterocycles. The molecule has 0 aliphatic heterocycles. The summed E-state index contributed by atoms with van der Waals surface area (Å²) in [6.07, 6.45) is 0.837. The van der Waals surface area contributed by atoms with Gasteiger partial charge in [-0.25, -0.2) is 0 Å². The lowest BCUT2D eigenvalue weighted by Crippen LogP contribution is -2.06. The summed E-state index contributed by atoms with van der Waals surface area (Å²) in [5, 5.41) is 6.52. The molecule has 0 radical (unpaired) electrons. The van der Waals surface area contributed by atoms with Crippen molar-refractivity contribution in [2.24, 2.45) is 5.73 Å². The van der Waals surface area contributed by atoms with Crippen molar-refractivity contribution in [2.45, 2.75) is 19.4 Å². The average molecular weight is 252 g/mol. The second kappa shape index (κ2) is 4.86. The highest BCUT2D eigenvalue weighted by Gasteiger charge is 2.13. The van der Waals surface area contributed by atoms with Crippen LogP contribution in [0.3, 0.4) is 0 Å². The van der Waals surface area contributed by atoms with E-state index in [1.54, 1.807) is 0 Å². The molecular formula is C16H16N2O. The minimum Gasteiger partial charge on any atom is -0.359 e. The first-order chi connectivity index (χ1) is 9.29. The van der Waals surface area contributed by atoms with Gasteiger partial charge in [0.1, 0.15) is 5.69 Å². The van der Waals surface area contributed by atoms with Crippen LogP contribution >= 0.6 is 0 Å². The third-order valence-electron chi connectivity index (χ3n) is 3.40. The average Bonchev–Trinajstić information content (AvgIpc) is 2.95. The van der Waals surface area contributed by atoms with Crippen LogP contribution in [0.4, 0.5) is 0 Å². The van der Waals surface area contributed by atoms with E-state index in [4.69, 9.17) is 10.3 Å². The molecule has 19 heavy (non-hydrogen) atoms. The van der Waals surface area contributed by atoms with E-state index < -0.39 is 0 Å². The molecule has 1 aromatic heterocycles. The van der Waals surface area contributed by atoms with Crippen molar-refractivity contribution in [1.29, 1.82) is 0 Å². The number of benzene rings is 2. The standard InChI is InChI=1S/C16H16N2O/c1-2-14(17)16-10-15(18-19-16)13-9-5-7-11-6-3-4-8-12(11)13/h3-10,14H,2,17H2,1H3. The summed E-state index contributed by atoms with van der Waals surface area (Å²) in [5.41, 5.74) is 7.89. The molecule has 2 aromatic carbocycles. The minimum atomic E-state index is -0.0868. The molecule has 3 nitrogen and oxygen atoms in total. The van der Waals surface area contributed by atoms with E-state index in [-0.39, 0.29) is 6.04 Å². The van der Waals surface area contributed by atoms with Crippen molar-refractivity contribution in [3.05, 3.63) is 54.3 Å². The van der Waals surface area contributed by atoms with Gasteiger partial charge >= 0.3 is 0 Å². The fourth-order valence-electron chi connectivity index (χ4n) is 2.24. The largest absolute Gasteiger partial charge is 0.359 e. The molecule has 2 N–H and O–H groups in total. The molecule has 0 spiro atoms. The van der Waals surface area contributed by atoms with Gasteiger partial charge in [-0.3, -0.25) is 0 Å². The molecule has 3 heteroatoms. The molecule has 0 amide bonds. The Labute approximate surface area is 112 Å². The molecule has 3 rings (SSSR count). The second-order valence-electron chi connectivity index (χ2n) is 4.66. The van der Waals surface area contributed by atoms with Crippen LogP contribution in [0.15, 0.2) is 53.1 Å². The zero-order valence-corrected chi connectivity index (χ0v) is 10.8. The summed E-state index contributed by atoms with van der Waals surface area (Å²) in [7, 11) is 0. The Morgan fingerprint density at radius 1 is 1.16 bits per heavy atom. The van der Waals surface area contributed by atoms with Gasteiger partial charge in [0.2, 0.25) is 0 Å². The van der Waals surface area contributed by atoms with E-state index in [1.165, 1.54) is 10.8 Å². The van der Waals surface area contributed by atoms with Crippen molar-refractivity contribution in [3.63, 3.8) is 0 Å². The first-order valence-electron chi connectivity index (χ1n) is 6.50. The van der Waals surface area contributed by atoms with E-state index in [0.717, 1.165) is 23.4 Å². The Kier molecular flexibility index (Phi) is 3.05. The van der Waals surface area contributed by atoms with E-state index in [9.17, 15) is 0 Å². The van der Waals surface area contributed by atoms with Crippen molar-refractivity contribution in [1.82, 2.24) is 5.16 Å².